The van der Waals surface area contributed by atoms with Gasteiger partial charge in [-0.3, -0.25) is 9.69 Å². The van der Waals surface area contributed by atoms with Crippen LogP contribution in [-0.4, -0.2) is 52.2 Å². The van der Waals surface area contributed by atoms with Crippen molar-refractivity contribution in [3.63, 3.8) is 0 Å². The maximum Gasteiger partial charge on any atom is 0.324 e. The van der Waals surface area contributed by atoms with Crippen LogP contribution in [0.2, 0.25) is 0 Å². The predicted molar refractivity (Wildman–Crippen MR) is 108 cm³/mol. The maximum atomic E-state index is 12.7. The summed E-state index contributed by atoms with van der Waals surface area (Å²) in [5, 5.41) is 13.9. The van der Waals surface area contributed by atoms with E-state index in [2.05, 4.69) is 10.3 Å². The molecule has 3 aromatic rings. The van der Waals surface area contributed by atoms with E-state index in [0.717, 1.165) is 26.9 Å². The molecule has 1 aromatic heterocycles. The Bertz CT molecular complexity index is 1000. The number of carbonyl (C=O) groups excluding carboxylic acids is 2. The number of β-amino-alcohol motifs (C(OH)–C–C–N with tert-alkyl or cyclic N) is 1. The Kier molecular flexibility index (Phi) is 5.59. The van der Waals surface area contributed by atoms with E-state index in [1.807, 2.05) is 60.8 Å². The number of fused-ring (bicyclic) bond motifs is 1. The lowest BCUT2D eigenvalue weighted by Gasteiger charge is -2.18. The Morgan fingerprint density at radius 3 is 2.66 bits per heavy atom. The molecule has 7 nitrogen and oxygen atoms in total. The third-order valence-corrected chi connectivity index (χ3v) is 5.02. The predicted octanol–water partition coefficient (Wildman–Crippen LogP) is 2.21. The first-order valence-corrected chi connectivity index (χ1v) is 9.58. The second-order valence-electron chi connectivity index (χ2n) is 7.17. The van der Waals surface area contributed by atoms with Crippen LogP contribution in [0.5, 0.6) is 0 Å². The molecule has 7 heteroatoms. The van der Waals surface area contributed by atoms with E-state index in [0.29, 0.717) is 13.0 Å². The van der Waals surface area contributed by atoms with E-state index in [9.17, 15) is 14.7 Å². The molecule has 1 saturated heterocycles. The highest BCUT2D eigenvalue weighted by molar-refractivity contribution is 6.04. The standard InChI is InChI=1S/C22H23N3O4/c26-17(14-29-13-15-6-2-1-3-7-15)12-25-21(27)20(24-22(25)28)10-16-11-23-19-9-5-4-8-18(16)19/h1-9,11,17,20,23,26H,10,12-14H2,(H,24,28)/t17-,20+/m1/s1. The number of carbonyl (C=O) groups is 2. The largest absolute Gasteiger partial charge is 0.389 e. The van der Waals surface area contributed by atoms with Gasteiger partial charge in [-0.2, -0.15) is 0 Å². The summed E-state index contributed by atoms with van der Waals surface area (Å²) in [6.45, 7) is 0.310. The van der Waals surface area contributed by atoms with Crippen molar-refractivity contribution < 1.29 is 19.4 Å². The molecule has 0 saturated carbocycles. The van der Waals surface area contributed by atoms with Crippen LogP contribution in [0.4, 0.5) is 4.79 Å². The molecule has 2 aromatic carbocycles. The molecule has 4 rings (SSSR count). The first kappa shape index (κ1) is 19.2. The van der Waals surface area contributed by atoms with Gasteiger partial charge in [0, 0.05) is 23.5 Å². The number of urea groups is 1. The molecule has 0 aliphatic carbocycles. The Balaban J connectivity index is 1.32. The summed E-state index contributed by atoms with van der Waals surface area (Å²) >= 11 is 0. The number of imide groups is 1. The number of ether oxygens (including phenoxy) is 1. The summed E-state index contributed by atoms with van der Waals surface area (Å²) in [5.74, 6) is -0.331. The van der Waals surface area contributed by atoms with Gasteiger partial charge in [0.2, 0.25) is 0 Å². The molecular weight excluding hydrogens is 370 g/mol. The molecule has 0 bridgehead atoms. The van der Waals surface area contributed by atoms with Gasteiger partial charge in [0.1, 0.15) is 6.04 Å². The molecule has 0 unspecified atom stereocenters. The highest BCUT2D eigenvalue weighted by atomic mass is 16.5. The Labute approximate surface area is 168 Å². The van der Waals surface area contributed by atoms with Crippen molar-refractivity contribution in [2.75, 3.05) is 13.2 Å². The van der Waals surface area contributed by atoms with Gasteiger partial charge in [-0.05, 0) is 17.2 Å². The molecule has 0 spiro atoms. The van der Waals surface area contributed by atoms with Crippen molar-refractivity contribution in [3.05, 3.63) is 71.9 Å². The number of aliphatic hydroxyl groups excluding tert-OH is 1. The van der Waals surface area contributed by atoms with Crippen LogP contribution in [0.1, 0.15) is 11.1 Å². The monoisotopic (exact) mass is 393 g/mol. The molecule has 1 fully saturated rings. The van der Waals surface area contributed by atoms with Gasteiger partial charge < -0.3 is 20.1 Å². The molecule has 150 valence electrons. The Hall–Kier alpha value is -3.16. The van der Waals surface area contributed by atoms with E-state index in [1.165, 1.54) is 0 Å². The smallest absolute Gasteiger partial charge is 0.324 e. The minimum Gasteiger partial charge on any atom is -0.389 e. The maximum absolute atomic E-state index is 12.7. The van der Waals surface area contributed by atoms with Crippen LogP contribution >= 0.6 is 0 Å². The van der Waals surface area contributed by atoms with Crippen LogP contribution in [0.3, 0.4) is 0 Å². The summed E-state index contributed by atoms with van der Waals surface area (Å²) in [7, 11) is 0. The van der Waals surface area contributed by atoms with E-state index < -0.39 is 18.2 Å². The topological polar surface area (TPSA) is 94.7 Å². The number of hydrogen-bond acceptors (Lipinski definition) is 4. The molecule has 1 aliphatic heterocycles. The van der Waals surface area contributed by atoms with Crippen molar-refractivity contribution in [3.8, 4) is 0 Å². The fraction of sp³-hybridized carbons (Fsp3) is 0.273. The van der Waals surface area contributed by atoms with Crippen LogP contribution in [0.15, 0.2) is 60.8 Å². The number of H-pyrrole nitrogens is 1. The second kappa shape index (κ2) is 8.46. The minimum absolute atomic E-state index is 0.0407. The van der Waals surface area contributed by atoms with E-state index in [-0.39, 0.29) is 19.1 Å². The van der Waals surface area contributed by atoms with Crippen LogP contribution in [0, 0.1) is 0 Å². The summed E-state index contributed by atoms with van der Waals surface area (Å²) in [6, 6.07) is 16.3. The summed E-state index contributed by atoms with van der Waals surface area (Å²) in [6.07, 6.45) is 1.31. The quantitative estimate of drug-likeness (QED) is 0.512. The van der Waals surface area contributed by atoms with Crippen LogP contribution in [0.25, 0.3) is 10.9 Å². The number of benzene rings is 2. The zero-order valence-electron chi connectivity index (χ0n) is 15.9. The van der Waals surface area contributed by atoms with Crippen molar-refractivity contribution in [2.45, 2.75) is 25.2 Å². The Morgan fingerprint density at radius 2 is 1.83 bits per heavy atom. The first-order chi connectivity index (χ1) is 14.1. The van der Waals surface area contributed by atoms with Crippen molar-refractivity contribution in [1.82, 2.24) is 15.2 Å². The fourth-order valence-corrected chi connectivity index (χ4v) is 3.56. The molecule has 2 atom stereocenters. The number of aromatic nitrogens is 1. The van der Waals surface area contributed by atoms with Crippen molar-refractivity contribution in [1.29, 1.82) is 0 Å². The lowest BCUT2D eigenvalue weighted by molar-refractivity contribution is -0.128. The van der Waals surface area contributed by atoms with E-state index in [4.69, 9.17) is 4.74 Å². The average Bonchev–Trinajstić information content (AvgIpc) is 3.25. The molecule has 3 N–H and O–H groups in total. The Morgan fingerprint density at radius 1 is 1.07 bits per heavy atom. The highest BCUT2D eigenvalue weighted by Gasteiger charge is 2.39. The molecule has 2 heterocycles. The van der Waals surface area contributed by atoms with E-state index in [1.54, 1.807) is 0 Å². The first-order valence-electron chi connectivity index (χ1n) is 9.58. The van der Waals surface area contributed by atoms with Crippen LogP contribution in [-0.2, 0) is 22.6 Å². The number of rotatable bonds is 8. The molecule has 3 amide bonds. The molecule has 0 radical (unpaired) electrons. The number of nitrogens with one attached hydrogen (secondary N) is 2. The molecule has 29 heavy (non-hydrogen) atoms. The fourth-order valence-electron chi connectivity index (χ4n) is 3.56. The minimum atomic E-state index is -0.944. The lowest BCUT2D eigenvalue weighted by Crippen LogP contribution is -2.39. The van der Waals surface area contributed by atoms with Crippen LogP contribution < -0.4 is 5.32 Å². The summed E-state index contributed by atoms with van der Waals surface area (Å²) < 4.78 is 5.50. The van der Waals surface area contributed by atoms with Gasteiger partial charge in [-0.25, -0.2) is 4.79 Å². The second-order valence-corrected chi connectivity index (χ2v) is 7.17. The third-order valence-electron chi connectivity index (χ3n) is 5.02. The number of hydrogen-bond donors (Lipinski definition) is 3. The zero-order chi connectivity index (χ0) is 20.2. The SMILES string of the molecule is O=C1N[C@@H](Cc2c[nH]c3ccccc23)C(=O)N1C[C@@H](O)COCc1ccccc1. The number of aromatic amines is 1. The number of amides is 3. The number of aliphatic hydroxyl groups is 1. The lowest BCUT2D eigenvalue weighted by atomic mass is 10.1. The van der Waals surface area contributed by atoms with Gasteiger partial charge in [-0.15, -0.1) is 0 Å². The summed E-state index contributed by atoms with van der Waals surface area (Å²) in [5.41, 5.74) is 2.95. The van der Waals surface area contributed by atoms with Crippen molar-refractivity contribution in [2.24, 2.45) is 0 Å². The zero-order valence-corrected chi connectivity index (χ0v) is 15.9. The molecular formula is C22H23N3O4. The summed E-state index contributed by atoms with van der Waals surface area (Å²) in [4.78, 5) is 29.2. The van der Waals surface area contributed by atoms with Gasteiger partial charge >= 0.3 is 6.03 Å². The normalized spacial score (nSPS) is 17.7. The average molecular weight is 393 g/mol. The van der Waals surface area contributed by atoms with Crippen molar-refractivity contribution >= 4 is 22.8 Å². The number of para-hydroxylation sites is 1. The number of nitrogens with zero attached hydrogens (tertiary/aromatic N) is 1. The molecule has 1 aliphatic rings. The van der Waals surface area contributed by atoms with Gasteiger partial charge in [0.05, 0.1) is 25.9 Å². The van der Waals surface area contributed by atoms with E-state index >= 15 is 0 Å². The van der Waals surface area contributed by atoms with Gasteiger partial charge in [0.15, 0.2) is 0 Å². The van der Waals surface area contributed by atoms with Gasteiger partial charge in [-0.1, -0.05) is 48.5 Å². The highest BCUT2D eigenvalue weighted by Crippen LogP contribution is 2.21. The third kappa shape index (κ3) is 4.31. The van der Waals surface area contributed by atoms with Gasteiger partial charge in [0.25, 0.3) is 5.91 Å².